The van der Waals surface area contributed by atoms with E-state index in [1.165, 1.54) is 0 Å². The van der Waals surface area contributed by atoms with Crippen molar-refractivity contribution < 1.29 is 33.9 Å². The fourth-order valence-corrected chi connectivity index (χ4v) is 3.41. The van der Waals surface area contributed by atoms with Crippen LogP contribution in [0.1, 0.15) is 22.3 Å². The van der Waals surface area contributed by atoms with Gasteiger partial charge in [0.25, 0.3) is 0 Å². The molecule has 0 aliphatic rings. The van der Waals surface area contributed by atoms with Crippen molar-refractivity contribution >= 4 is 0 Å². The second kappa shape index (κ2) is 11.6. The van der Waals surface area contributed by atoms with Gasteiger partial charge in [-0.3, -0.25) is 0 Å². The molecule has 0 fully saturated rings. The molecule has 0 radical (unpaired) electrons. The second-order valence-electron chi connectivity index (χ2n) is 7.14. The van der Waals surface area contributed by atoms with Crippen LogP contribution in [0.5, 0.6) is 0 Å². The lowest BCUT2D eigenvalue weighted by Gasteiger charge is -2.03. The van der Waals surface area contributed by atoms with E-state index < -0.39 is 0 Å². The molecule has 0 spiro atoms. The zero-order chi connectivity index (χ0) is 20.8. The van der Waals surface area contributed by atoms with Crippen LogP contribution in [-0.2, 0) is 13.1 Å². The molecule has 0 unspecified atom stereocenters. The quantitative estimate of drug-likeness (QED) is 0.318. The van der Waals surface area contributed by atoms with Crippen molar-refractivity contribution in [2.75, 3.05) is 0 Å². The molecule has 6 heteroatoms. The van der Waals surface area contributed by atoms with Crippen LogP contribution in [0, 0.1) is 22.7 Å². The zero-order valence-electron chi connectivity index (χ0n) is 17.2. The molecule has 4 rings (SSSR count). The Balaban J connectivity index is 0.00000181. The summed E-state index contributed by atoms with van der Waals surface area (Å²) in [6, 6.07) is 28.1. The first-order valence-electron chi connectivity index (χ1n) is 9.70. The zero-order valence-corrected chi connectivity index (χ0v) is 18.7. The van der Waals surface area contributed by atoms with E-state index >= 15 is 0 Å². The fraction of sp³-hybridized carbons (Fsp3) is 0.0769. The van der Waals surface area contributed by atoms with Gasteiger partial charge in [-0.1, -0.05) is 24.3 Å². The van der Waals surface area contributed by atoms with Crippen molar-refractivity contribution in [2.45, 2.75) is 13.1 Å². The number of pyridine rings is 2. The summed E-state index contributed by atoms with van der Waals surface area (Å²) in [4.78, 5) is 0. The van der Waals surface area contributed by atoms with Crippen LogP contribution < -0.4 is 33.9 Å². The van der Waals surface area contributed by atoms with Gasteiger partial charge in [-0.05, 0) is 35.4 Å². The summed E-state index contributed by atoms with van der Waals surface area (Å²) < 4.78 is 4.20. The fourth-order valence-electron chi connectivity index (χ4n) is 3.41. The van der Waals surface area contributed by atoms with Crippen LogP contribution in [0.25, 0.3) is 11.1 Å². The van der Waals surface area contributed by atoms with Gasteiger partial charge < -0.3 is 24.8 Å². The third-order valence-electron chi connectivity index (χ3n) is 4.96. The Morgan fingerprint density at radius 2 is 0.938 bits per heavy atom. The van der Waals surface area contributed by atoms with E-state index in [-0.39, 0.29) is 24.8 Å². The van der Waals surface area contributed by atoms with E-state index in [1.54, 1.807) is 0 Å². The molecular weight excluding hydrogens is 439 g/mol. The van der Waals surface area contributed by atoms with Crippen LogP contribution in [0.3, 0.4) is 0 Å². The van der Waals surface area contributed by atoms with E-state index in [0.717, 1.165) is 35.3 Å². The standard InChI is InChI=1S/C26H20N4.2ClH/c27-17-21-3-1-5-23(15-21)19-29-11-7-25(8-12-29)26-9-13-30(14-10-26)20-24-6-2-4-22(16-24)18-28;;/h1-16H,19-20H2;2*1H/q+2;;/p-2. The molecule has 2 aromatic heterocycles. The maximum atomic E-state index is 9.04. The molecule has 0 saturated carbocycles. The lowest BCUT2D eigenvalue weighted by atomic mass is 10.1. The highest BCUT2D eigenvalue weighted by Gasteiger charge is 2.08. The number of halogens is 2. The molecule has 0 aliphatic heterocycles. The minimum atomic E-state index is 0. The maximum absolute atomic E-state index is 9.04. The van der Waals surface area contributed by atoms with Crippen LogP contribution in [0.4, 0.5) is 0 Å². The number of nitriles is 2. The highest BCUT2D eigenvalue weighted by atomic mass is 35.5. The van der Waals surface area contributed by atoms with Crippen LogP contribution in [0.2, 0.25) is 0 Å². The molecule has 32 heavy (non-hydrogen) atoms. The lowest BCUT2D eigenvalue weighted by Crippen LogP contribution is -3.00. The van der Waals surface area contributed by atoms with Crippen molar-refractivity contribution in [1.29, 1.82) is 10.5 Å². The average Bonchev–Trinajstić information content (AvgIpc) is 2.80. The molecule has 0 bridgehead atoms. The van der Waals surface area contributed by atoms with Gasteiger partial charge >= 0.3 is 0 Å². The Labute approximate surface area is 200 Å². The number of nitrogens with zero attached hydrogens (tertiary/aromatic N) is 4. The average molecular weight is 459 g/mol. The highest BCUT2D eigenvalue weighted by Crippen LogP contribution is 2.16. The van der Waals surface area contributed by atoms with Gasteiger partial charge in [-0.15, -0.1) is 0 Å². The first-order chi connectivity index (χ1) is 14.7. The molecule has 4 aromatic rings. The molecule has 2 heterocycles. The van der Waals surface area contributed by atoms with Crippen molar-refractivity contribution in [2.24, 2.45) is 0 Å². The summed E-state index contributed by atoms with van der Waals surface area (Å²) in [7, 11) is 0. The third kappa shape index (κ3) is 6.15. The number of aromatic nitrogens is 2. The van der Waals surface area contributed by atoms with Gasteiger partial charge in [0, 0.05) is 35.4 Å². The highest BCUT2D eigenvalue weighted by molar-refractivity contribution is 5.61. The number of hydrogen-bond acceptors (Lipinski definition) is 2. The summed E-state index contributed by atoms with van der Waals surface area (Å²) in [5.41, 5.74) is 5.87. The monoisotopic (exact) mass is 458 g/mol. The Hall–Kier alpha value is -3.70. The Morgan fingerprint density at radius 3 is 1.28 bits per heavy atom. The molecule has 158 valence electrons. The number of benzene rings is 2. The summed E-state index contributed by atoms with van der Waals surface area (Å²) in [6.45, 7) is 1.46. The molecule has 0 aliphatic carbocycles. The first kappa shape index (κ1) is 24.6. The molecular formula is C26H20Cl2N4. The maximum Gasteiger partial charge on any atom is 0.173 e. The summed E-state index contributed by atoms with van der Waals surface area (Å²) in [5.74, 6) is 0. The molecule has 0 N–H and O–H groups in total. The van der Waals surface area contributed by atoms with Crippen molar-refractivity contribution in [1.82, 2.24) is 0 Å². The Morgan fingerprint density at radius 1 is 0.562 bits per heavy atom. The van der Waals surface area contributed by atoms with Crippen molar-refractivity contribution in [3.8, 4) is 23.3 Å². The molecule has 0 atom stereocenters. The Bertz CT molecular complexity index is 1150. The summed E-state index contributed by atoms with van der Waals surface area (Å²) >= 11 is 0. The molecule has 2 aromatic carbocycles. The number of hydrogen-bond donors (Lipinski definition) is 0. The molecule has 0 saturated heterocycles. The van der Waals surface area contributed by atoms with Crippen LogP contribution in [0.15, 0.2) is 97.6 Å². The normalized spacial score (nSPS) is 9.56. The van der Waals surface area contributed by atoms with E-state index in [4.69, 9.17) is 10.5 Å². The van der Waals surface area contributed by atoms with E-state index in [1.807, 2.05) is 48.5 Å². The van der Waals surface area contributed by atoms with Gasteiger partial charge in [0.1, 0.15) is 0 Å². The minimum Gasteiger partial charge on any atom is -1.00 e. The SMILES string of the molecule is N#Cc1cccc(C[n+]2ccc(-c3cc[n+](Cc4cccc(C#N)c4)cc3)cc2)c1.[Cl-].[Cl-]. The van der Waals surface area contributed by atoms with Crippen molar-refractivity contribution in [3.05, 3.63) is 120 Å². The summed E-state index contributed by atoms with van der Waals surface area (Å²) in [6.07, 6.45) is 8.23. The van der Waals surface area contributed by atoms with Gasteiger partial charge in [-0.25, -0.2) is 9.13 Å². The van der Waals surface area contributed by atoms with Gasteiger partial charge in [0.2, 0.25) is 0 Å². The largest absolute Gasteiger partial charge is 1.00 e. The Kier molecular flexibility index (Phi) is 8.93. The van der Waals surface area contributed by atoms with Crippen molar-refractivity contribution in [3.63, 3.8) is 0 Å². The van der Waals surface area contributed by atoms with E-state index in [2.05, 4.69) is 70.3 Å². The van der Waals surface area contributed by atoms with E-state index in [9.17, 15) is 0 Å². The number of rotatable bonds is 5. The van der Waals surface area contributed by atoms with Crippen LogP contribution >= 0.6 is 0 Å². The van der Waals surface area contributed by atoms with E-state index in [0.29, 0.717) is 11.1 Å². The molecule has 0 amide bonds. The second-order valence-corrected chi connectivity index (χ2v) is 7.14. The van der Waals surface area contributed by atoms with Gasteiger partial charge in [-0.2, -0.15) is 10.5 Å². The molecule has 4 nitrogen and oxygen atoms in total. The summed E-state index contributed by atoms with van der Waals surface area (Å²) in [5, 5.41) is 18.1. The predicted octanol–water partition coefficient (Wildman–Crippen LogP) is -2.22. The lowest BCUT2D eigenvalue weighted by molar-refractivity contribution is -0.688. The first-order valence-corrected chi connectivity index (χ1v) is 9.70. The smallest absolute Gasteiger partial charge is 0.173 e. The third-order valence-corrected chi connectivity index (χ3v) is 4.96. The minimum absolute atomic E-state index is 0. The predicted molar refractivity (Wildman–Crippen MR) is 113 cm³/mol. The van der Waals surface area contributed by atoms with Gasteiger partial charge in [0.15, 0.2) is 37.9 Å². The topological polar surface area (TPSA) is 55.3 Å². The van der Waals surface area contributed by atoms with Crippen LogP contribution in [-0.4, -0.2) is 0 Å². The van der Waals surface area contributed by atoms with Gasteiger partial charge in [0.05, 0.1) is 23.3 Å².